The first-order valence-corrected chi connectivity index (χ1v) is 6.68. The molecule has 2 aromatic rings. The van der Waals surface area contributed by atoms with Crippen molar-refractivity contribution in [3.8, 4) is 0 Å². The van der Waals surface area contributed by atoms with Crippen molar-refractivity contribution in [1.82, 2.24) is 9.97 Å². The standard InChI is InChI=1S/C14H15ClN4/c1-8-12(16)18-14(9-2-3-9)19-13(8)17-11-6-4-10(15)5-7-11/h4-7,9H,2-3H2,1H3,(H3,16,17,18,19). The predicted octanol–water partition coefficient (Wildman–Crippen LogP) is 3.64. The Morgan fingerprint density at radius 2 is 1.89 bits per heavy atom. The van der Waals surface area contributed by atoms with Crippen LogP contribution >= 0.6 is 11.6 Å². The summed E-state index contributed by atoms with van der Waals surface area (Å²) in [6.45, 7) is 1.92. The van der Waals surface area contributed by atoms with E-state index in [4.69, 9.17) is 17.3 Å². The normalized spacial score (nSPS) is 14.4. The number of benzene rings is 1. The van der Waals surface area contributed by atoms with Gasteiger partial charge in [0, 0.05) is 22.2 Å². The third kappa shape index (κ3) is 2.63. The van der Waals surface area contributed by atoms with Crippen LogP contribution in [0.25, 0.3) is 0 Å². The maximum Gasteiger partial charge on any atom is 0.139 e. The van der Waals surface area contributed by atoms with Gasteiger partial charge in [0.1, 0.15) is 17.5 Å². The molecule has 1 fully saturated rings. The highest BCUT2D eigenvalue weighted by Gasteiger charge is 2.27. The van der Waals surface area contributed by atoms with Crippen molar-refractivity contribution in [1.29, 1.82) is 0 Å². The van der Waals surface area contributed by atoms with Crippen LogP contribution in [0.5, 0.6) is 0 Å². The molecule has 0 bridgehead atoms. The van der Waals surface area contributed by atoms with Crippen LogP contribution in [0.2, 0.25) is 5.02 Å². The Kier molecular flexibility index (Phi) is 3.03. The Bertz CT molecular complexity index is 606. The fourth-order valence-corrected chi connectivity index (χ4v) is 1.99. The lowest BCUT2D eigenvalue weighted by Gasteiger charge is -2.12. The van der Waals surface area contributed by atoms with Gasteiger partial charge in [0.05, 0.1) is 0 Å². The van der Waals surface area contributed by atoms with Crippen molar-refractivity contribution in [2.75, 3.05) is 11.1 Å². The number of anilines is 3. The van der Waals surface area contributed by atoms with Gasteiger partial charge in [0.15, 0.2) is 0 Å². The fraction of sp³-hybridized carbons (Fsp3) is 0.286. The SMILES string of the molecule is Cc1c(N)nc(C2CC2)nc1Nc1ccc(Cl)cc1. The Labute approximate surface area is 117 Å². The molecule has 1 aromatic carbocycles. The first-order valence-electron chi connectivity index (χ1n) is 6.30. The molecule has 0 unspecified atom stereocenters. The van der Waals surface area contributed by atoms with Crippen LogP contribution in [0, 0.1) is 6.92 Å². The van der Waals surface area contributed by atoms with Crippen LogP contribution < -0.4 is 11.1 Å². The molecule has 98 valence electrons. The number of nitrogen functional groups attached to an aromatic ring is 1. The van der Waals surface area contributed by atoms with E-state index in [9.17, 15) is 0 Å². The highest BCUT2D eigenvalue weighted by molar-refractivity contribution is 6.30. The molecule has 3 N–H and O–H groups in total. The smallest absolute Gasteiger partial charge is 0.139 e. The van der Waals surface area contributed by atoms with E-state index in [1.807, 2.05) is 31.2 Å². The maximum atomic E-state index is 5.95. The molecule has 1 aliphatic rings. The zero-order valence-corrected chi connectivity index (χ0v) is 11.4. The lowest BCUT2D eigenvalue weighted by Crippen LogP contribution is -2.06. The number of aromatic nitrogens is 2. The minimum atomic E-state index is 0.480. The zero-order chi connectivity index (χ0) is 13.4. The molecule has 0 aliphatic heterocycles. The van der Waals surface area contributed by atoms with Crippen molar-refractivity contribution < 1.29 is 0 Å². The van der Waals surface area contributed by atoms with E-state index < -0.39 is 0 Å². The van der Waals surface area contributed by atoms with Gasteiger partial charge in [-0.1, -0.05) is 11.6 Å². The van der Waals surface area contributed by atoms with E-state index in [2.05, 4.69) is 15.3 Å². The Hall–Kier alpha value is -1.81. The summed E-state index contributed by atoms with van der Waals surface area (Å²) >= 11 is 5.87. The lowest BCUT2D eigenvalue weighted by molar-refractivity contribution is 0.928. The molecule has 1 saturated carbocycles. The number of nitrogens with one attached hydrogen (secondary N) is 1. The molecule has 1 aromatic heterocycles. The van der Waals surface area contributed by atoms with Crippen LogP contribution in [-0.4, -0.2) is 9.97 Å². The number of nitrogens with two attached hydrogens (primary N) is 1. The molecule has 0 saturated heterocycles. The van der Waals surface area contributed by atoms with Crippen molar-refractivity contribution in [2.45, 2.75) is 25.7 Å². The van der Waals surface area contributed by atoms with Crippen LogP contribution in [0.3, 0.4) is 0 Å². The molecule has 4 nitrogen and oxygen atoms in total. The first-order chi connectivity index (χ1) is 9.13. The molecule has 1 heterocycles. The minimum absolute atomic E-state index is 0.480. The third-order valence-corrected chi connectivity index (χ3v) is 3.50. The van der Waals surface area contributed by atoms with Crippen molar-refractivity contribution in [3.63, 3.8) is 0 Å². The second-order valence-electron chi connectivity index (χ2n) is 4.85. The Morgan fingerprint density at radius 1 is 1.21 bits per heavy atom. The number of halogens is 1. The quantitative estimate of drug-likeness (QED) is 0.897. The molecule has 0 spiro atoms. The fourth-order valence-electron chi connectivity index (χ4n) is 1.87. The maximum absolute atomic E-state index is 5.95. The summed E-state index contributed by atoms with van der Waals surface area (Å²) in [6, 6.07) is 7.50. The van der Waals surface area contributed by atoms with Crippen molar-refractivity contribution >= 4 is 28.9 Å². The highest BCUT2D eigenvalue weighted by Crippen LogP contribution is 2.39. The third-order valence-electron chi connectivity index (χ3n) is 3.25. The van der Waals surface area contributed by atoms with Crippen LogP contribution in [-0.2, 0) is 0 Å². The number of hydrogen-bond acceptors (Lipinski definition) is 4. The first kappa shape index (κ1) is 12.2. The average Bonchev–Trinajstić information content (AvgIpc) is 3.21. The Balaban J connectivity index is 1.92. The van der Waals surface area contributed by atoms with E-state index in [0.29, 0.717) is 16.8 Å². The molecule has 0 amide bonds. The predicted molar refractivity (Wildman–Crippen MR) is 77.9 cm³/mol. The van der Waals surface area contributed by atoms with Crippen LogP contribution in [0.15, 0.2) is 24.3 Å². The number of rotatable bonds is 3. The molecular weight excluding hydrogens is 260 g/mol. The topological polar surface area (TPSA) is 63.8 Å². The number of hydrogen-bond donors (Lipinski definition) is 2. The van der Waals surface area contributed by atoms with Crippen molar-refractivity contribution in [2.24, 2.45) is 0 Å². The van der Waals surface area contributed by atoms with Gasteiger partial charge in [-0.25, -0.2) is 9.97 Å². The summed E-state index contributed by atoms with van der Waals surface area (Å²) in [6.07, 6.45) is 2.31. The summed E-state index contributed by atoms with van der Waals surface area (Å²) in [7, 11) is 0. The van der Waals surface area contributed by atoms with Gasteiger partial charge < -0.3 is 11.1 Å². The molecule has 19 heavy (non-hydrogen) atoms. The monoisotopic (exact) mass is 274 g/mol. The van der Waals surface area contributed by atoms with Crippen LogP contribution in [0.4, 0.5) is 17.3 Å². The van der Waals surface area contributed by atoms with Crippen LogP contribution in [0.1, 0.15) is 30.1 Å². The summed E-state index contributed by atoms with van der Waals surface area (Å²) in [5.41, 5.74) is 7.76. The van der Waals surface area contributed by atoms with Gasteiger partial charge in [0.25, 0.3) is 0 Å². The molecule has 0 radical (unpaired) electrons. The van der Waals surface area contributed by atoms with E-state index in [0.717, 1.165) is 35.7 Å². The van der Waals surface area contributed by atoms with Gasteiger partial charge in [-0.15, -0.1) is 0 Å². The van der Waals surface area contributed by atoms with Gasteiger partial charge in [-0.2, -0.15) is 0 Å². The summed E-state index contributed by atoms with van der Waals surface area (Å²) in [5.74, 6) is 2.65. The summed E-state index contributed by atoms with van der Waals surface area (Å²) < 4.78 is 0. The summed E-state index contributed by atoms with van der Waals surface area (Å²) in [4.78, 5) is 8.93. The lowest BCUT2D eigenvalue weighted by atomic mass is 10.2. The molecule has 5 heteroatoms. The average molecular weight is 275 g/mol. The Morgan fingerprint density at radius 3 is 2.53 bits per heavy atom. The van der Waals surface area contributed by atoms with E-state index >= 15 is 0 Å². The largest absolute Gasteiger partial charge is 0.383 e. The molecular formula is C14H15ClN4. The van der Waals surface area contributed by atoms with Gasteiger partial charge in [-0.3, -0.25) is 0 Å². The van der Waals surface area contributed by atoms with Gasteiger partial charge in [-0.05, 0) is 44.0 Å². The molecule has 0 atom stereocenters. The highest BCUT2D eigenvalue weighted by atomic mass is 35.5. The van der Waals surface area contributed by atoms with Gasteiger partial charge in [0.2, 0.25) is 0 Å². The van der Waals surface area contributed by atoms with E-state index in [1.54, 1.807) is 0 Å². The van der Waals surface area contributed by atoms with E-state index in [-0.39, 0.29) is 0 Å². The van der Waals surface area contributed by atoms with Crippen molar-refractivity contribution in [3.05, 3.63) is 40.7 Å². The summed E-state index contributed by atoms with van der Waals surface area (Å²) in [5, 5.41) is 3.98. The second kappa shape index (κ2) is 4.70. The second-order valence-corrected chi connectivity index (χ2v) is 5.28. The molecule has 3 rings (SSSR count). The minimum Gasteiger partial charge on any atom is -0.383 e. The number of nitrogens with zero attached hydrogens (tertiary/aromatic N) is 2. The van der Waals surface area contributed by atoms with Gasteiger partial charge >= 0.3 is 0 Å². The zero-order valence-electron chi connectivity index (χ0n) is 10.7. The molecule has 1 aliphatic carbocycles. The van der Waals surface area contributed by atoms with E-state index in [1.165, 1.54) is 0 Å².